The molecule has 1 fully saturated rings. The molecule has 0 atom stereocenters. The first-order chi connectivity index (χ1) is 14.9. The Hall–Kier alpha value is -2.97. The van der Waals surface area contributed by atoms with Crippen LogP contribution in [-0.4, -0.2) is 44.3 Å². The van der Waals surface area contributed by atoms with Crippen LogP contribution in [0.4, 0.5) is 5.69 Å². The van der Waals surface area contributed by atoms with Gasteiger partial charge in [-0.05, 0) is 42.7 Å². The van der Waals surface area contributed by atoms with Crippen LogP contribution in [0.3, 0.4) is 0 Å². The van der Waals surface area contributed by atoms with Crippen LogP contribution in [0.2, 0.25) is 0 Å². The third-order valence-corrected chi connectivity index (χ3v) is 6.77. The lowest BCUT2D eigenvalue weighted by atomic mass is 10.2. The molecule has 1 aliphatic heterocycles. The van der Waals surface area contributed by atoms with Gasteiger partial charge in [0.1, 0.15) is 0 Å². The zero-order valence-electron chi connectivity index (χ0n) is 17.2. The van der Waals surface area contributed by atoms with E-state index in [4.69, 9.17) is 4.74 Å². The molecule has 7 nitrogen and oxygen atoms in total. The van der Waals surface area contributed by atoms with Gasteiger partial charge >= 0.3 is 5.97 Å². The Morgan fingerprint density at radius 2 is 1.68 bits per heavy atom. The zero-order valence-corrected chi connectivity index (χ0v) is 18.0. The maximum absolute atomic E-state index is 12.9. The van der Waals surface area contributed by atoms with Crippen molar-refractivity contribution in [3.8, 4) is 0 Å². The number of ether oxygens (including phenoxy) is 1. The van der Waals surface area contributed by atoms with Crippen LogP contribution in [0.1, 0.15) is 31.2 Å². The molecule has 0 spiro atoms. The van der Waals surface area contributed by atoms with Gasteiger partial charge in [-0.2, -0.15) is 4.31 Å². The maximum Gasteiger partial charge on any atom is 0.331 e. The molecule has 0 unspecified atom stereocenters. The molecular weight excluding hydrogens is 416 g/mol. The van der Waals surface area contributed by atoms with Crippen molar-refractivity contribution in [2.75, 3.05) is 25.0 Å². The van der Waals surface area contributed by atoms with Gasteiger partial charge in [0.05, 0.1) is 4.90 Å². The van der Waals surface area contributed by atoms with Gasteiger partial charge in [0, 0.05) is 24.9 Å². The van der Waals surface area contributed by atoms with Crippen molar-refractivity contribution in [3.05, 3.63) is 66.2 Å². The molecule has 0 radical (unpaired) electrons. The minimum atomic E-state index is -3.62. The summed E-state index contributed by atoms with van der Waals surface area (Å²) in [6.45, 7) is 0.539. The monoisotopic (exact) mass is 442 g/mol. The zero-order chi connectivity index (χ0) is 22.1. The van der Waals surface area contributed by atoms with Gasteiger partial charge in [0.2, 0.25) is 10.0 Å². The maximum atomic E-state index is 12.9. The summed E-state index contributed by atoms with van der Waals surface area (Å²) in [7, 11) is -3.62. The van der Waals surface area contributed by atoms with E-state index in [0.717, 1.165) is 31.2 Å². The van der Waals surface area contributed by atoms with Crippen molar-refractivity contribution in [3.63, 3.8) is 0 Å². The first kappa shape index (κ1) is 22.7. The molecule has 31 heavy (non-hydrogen) atoms. The second-order valence-electron chi connectivity index (χ2n) is 7.25. The molecular formula is C23H26N2O5S. The van der Waals surface area contributed by atoms with Gasteiger partial charge in [0.15, 0.2) is 6.61 Å². The molecule has 3 rings (SSSR count). The lowest BCUT2D eigenvalue weighted by Gasteiger charge is -2.20. The van der Waals surface area contributed by atoms with E-state index < -0.39 is 28.5 Å². The Morgan fingerprint density at radius 3 is 2.39 bits per heavy atom. The summed E-state index contributed by atoms with van der Waals surface area (Å²) in [6.07, 6.45) is 6.59. The first-order valence-corrected chi connectivity index (χ1v) is 11.7. The fraction of sp³-hybridized carbons (Fsp3) is 0.304. The van der Waals surface area contributed by atoms with Crippen molar-refractivity contribution in [2.45, 2.75) is 30.6 Å². The lowest BCUT2D eigenvalue weighted by molar-refractivity contribution is -0.142. The van der Waals surface area contributed by atoms with E-state index in [1.54, 1.807) is 18.2 Å². The number of hydrogen-bond acceptors (Lipinski definition) is 5. The average molecular weight is 443 g/mol. The van der Waals surface area contributed by atoms with Crippen LogP contribution in [-0.2, 0) is 24.3 Å². The van der Waals surface area contributed by atoms with Gasteiger partial charge in [-0.15, -0.1) is 0 Å². The molecule has 2 aromatic carbocycles. The highest BCUT2D eigenvalue weighted by molar-refractivity contribution is 7.89. The summed E-state index contributed by atoms with van der Waals surface area (Å²) in [5.74, 6) is -1.19. The molecule has 1 N–H and O–H groups in total. The molecule has 1 aliphatic rings. The molecule has 1 saturated heterocycles. The standard InChI is InChI=1S/C23H26N2O5S/c26-22(18-30-23(27)14-13-19-9-4-3-5-10-19)24-20-11-8-12-21(17-20)31(28,29)25-15-6-1-2-7-16-25/h3-5,8-14,17H,1-2,6-7,15-16,18H2,(H,24,26)/b14-13+. The van der Waals surface area contributed by atoms with E-state index in [2.05, 4.69) is 5.32 Å². The van der Waals surface area contributed by atoms with E-state index in [9.17, 15) is 18.0 Å². The van der Waals surface area contributed by atoms with Gasteiger partial charge in [0.25, 0.3) is 5.91 Å². The van der Waals surface area contributed by atoms with Crippen LogP contribution in [0.25, 0.3) is 6.08 Å². The minimum Gasteiger partial charge on any atom is -0.452 e. The number of carbonyl (C=O) groups is 2. The van der Waals surface area contributed by atoms with Crippen molar-refractivity contribution in [1.29, 1.82) is 0 Å². The highest BCUT2D eigenvalue weighted by Crippen LogP contribution is 2.22. The van der Waals surface area contributed by atoms with E-state index in [1.807, 2.05) is 30.3 Å². The van der Waals surface area contributed by atoms with E-state index in [1.165, 1.54) is 22.5 Å². The van der Waals surface area contributed by atoms with Crippen molar-refractivity contribution in [1.82, 2.24) is 4.31 Å². The quantitative estimate of drug-likeness (QED) is 0.524. The Morgan fingerprint density at radius 1 is 0.968 bits per heavy atom. The van der Waals surface area contributed by atoms with Gasteiger partial charge < -0.3 is 10.1 Å². The average Bonchev–Trinajstić information content (AvgIpc) is 3.07. The highest BCUT2D eigenvalue weighted by atomic mass is 32.2. The van der Waals surface area contributed by atoms with Crippen LogP contribution in [0, 0.1) is 0 Å². The first-order valence-electron chi connectivity index (χ1n) is 10.2. The number of rotatable bonds is 7. The summed E-state index contributed by atoms with van der Waals surface area (Å²) < 4.78 is 32.3. The van der Waals surface area contributed by atoms with Crippen LogP contribution in [0.15, 0.2) is 65.6 Å². The third kappa shape index (κ3) is 6.77. The Kier molecular flexibility index (Phi) is 7.97. The summed E-state index contributed by atoms with van der Waals surface area (Å²) in [5, 5.41) is 2.58. The normalized spacial score (nSPS) is 15.4. The number of amides is 1. The number of hydrogen-bond donors (Lipinski definition) is 1. The van der Waals surface area contributed by atoms with Crippen molar-refractivity contribution < 1.29 is 22.7 Å². The fourth-order valence-electron chi connectivity index (χ4n) is 3.28. The van der Waals surface area contributed by atoms with E-state index in [0.29, 0.717) is 18.8 Å². The number of anilines is 1. The number of nitrogens with zero attached hydrogens (tertiary/aromatic N) is 1. The Bertz CT molecular complexity index is 1030. The molecule has 2 aromatic rings. The lowest BCUT2D eigenvalue weighted by Crippen LogP contribution is -2.32. The van der Waals surface area contributed by atoms with E-state index >= 15 is 0 Å². The molecule has 0 bridgehead atoms. The summed E-state index contributed by atoms with van der Waals surface area (Å²) >= 11 is 0. The molecule has 1 amide bonds. The number of benzene rings is 2. The SMILES string of the molecule is O=C(COC(=O)/C=C/c1ccccc1)Nc1cccc(S(=O)(=O)N2CCCCCC2)c1. The number of sulfonamides is 1. The predicted octanol–water partition coefficient (Wildman–Crippen LogP) is 3.45. The van der Waals surface area contributed by atoms with Crippen LogP contribution < -0.4 is 5.32 Å². The minimum absolute atomic E-state index is 0.134. The van der Waals surface area contributed by atoms with Gasteiger partial charge in [-0.3, -0.25) is 4.79 Å². The topological polar surface area (TPSA) is 92.8 Å². The molecule has 0 saturated carbocycles. The van der Waals surface area contributed by atoms with Crippen molar-refractivity contribution in [2.24, 2.45) is 0 Å². The smallest absolute Gasteiger partial charge is 0.331 e. The second kappa shape index (κ2) is 10.9. The van der Waals surface area contributed by atoms with Crippen LogP contribution in [0.5, 0.6) is 0 Å². The Balaban J connectivity index is 1.55. The number of carbonyl (C=O) groups excluding carboxylic acids is 2. The summed E-state index contributed by atoms with van der Waals surface area (Å²) in [6, 6.07) is 15.4. The summed E-state index contributed by atoms with van der Waals surface area (Å²) in [4.78, 5) is 24.0. The molecule has 8 heteroatoms. The Labute approximate surface area is 182 Å². The molecule has 0 aliphatic carbocycles. The second-order valence-corrected chi connectivity index (χ2v) is 9.18. The molecule has 164 valence electrons. The summed E-state index contributed by atoms with van der Waals surface area (Å²) in [5.41, 5.74) is 1.17. The predicted molar refractivity (Wildman–Crippen MR) is 119 cm³/mol. The fourth-order valence-corrected chi connectivity index (χ4v) is 4.84. The third-order valence-electron chi connectivity index (χ3n) is 4.88. The number of esters is 1. The van der Waals surface area contributed by atoms with Gasteiger partial charge in [-0.1, -0.05) is 49.2 Å². The van der Waals surface area contributed by atoms with Crippen LogP contribution >= 0.6 is 0 Å². The van der Waals surface area contributed by atoms with Crippen molar-refractivity contribution >= 4 is 33.7 Å². The highest BCUT2D eigenvalue weighted by Gasteiger charge is 2.25. The molecule has 1 heterocycles. The molecule has 0 aromatic heterocycles. The number of nitrogens with one attached hydrogen (secondary N) is 1. The largest absolute Gasteiger partial charge is 0.452 e. The van der Waals surface area contributed by atoms with Gasteiger partial charge in [-0.25, -0.2) is 13.2 Å². The van der Waals surface area contributed by atoms with E-state index in [-0.39, 0.29) is 4.90 Å².